The summed E-state index contributed by atoms with van der Waals surface area (Å²) in [5.41, 5.74) is 0.621. The van der Waals surface area contributed by atoms with Crippen LogP contribution in [0.15, 0.2) is 24.3 Å². The summed E-state index contributed by atoms with van der Waals surface area (Å²) in [5.74, 6) is -1.16. The average molecular weight is 309 g/mol. The van der Waals surface area contributed by atoms with Gasteiger partial charge >= 0.3 is 5.97 Å². The maximum Gasteiger partial charge on any atom is 0.347 e. The van der Waals surface area contributed by atoms with Gasteiger partial charge in [-0.05, 0) is 18.6 Å². The van der Waals surface area contributed by atoms with Crippen molar-refractivity contribution in [3.05, 3.63) is 45.7 Å². The number of hydrogen-bond acceptors (Lipinski definition) is 4. The van der Waals surface area contributed by atoms with Crippen LogP contribution in [0.1, 0.15) is 33.7 Å². The number of aromatic carboxylic acids is 1. The van der Waals surface area contributed by atoms with Crippen LogP contribution in [-0.2, 0) is 12.8 Å². The number of ether oxygens (including phenoxy) is 1. The highest BCUT2D eigenvalue weighted by atomic mass is 32.1. The lowest BCUT2D eigenvalue weighted by Gasteiger charge is -2.05. The van der Waals surface area contributed by atoms with Crippen molar-refractivity contribution in [1.82, 2.24) is 4.98 Å². The predicted octanol–water partition coefficient (Wildman–Crippen LogP) is 3.55. The zero-order valence-electron chi connectivity index (χ0n) is 11.6. The summed E-state index contributed by atoms with van der Waals surface area (Å²) in [6, 6.07) is 6.19. The van der Waals surface area contributed by atoms with Gasteiger partial charge < -0.3 is 9.84 Å². The summed E-state index contributed by atoms with van der Waals surface area (Å²) in [6.07, 6.45) is 1.95. The number of rotatable bonds is 7. The van der Waals surface area contributed by atoms with E-state index in [0.29, 0.717) is 23.5 Å². The molecular weight excluding hydrogens is 293 g/mol. The number of carboxylic acids is 1. The number of carbonyl (C=O) groups is 1. The Hall–Kier alpha value is -1.95. The van der Waals surface area contributed by atoms with Crippen molar-refractivity contribution < 1.29 is 19.0 Å². The van der Waals surface area contributed by atoms with Gasteiger partial charge in [0.2, 0.25) is 0 Å². The van der Waals surface area contributed by atoms with Crippen molar-refractivity contribution in [3.63, 3.8) is 0 Å². The molecule has 0 saturated carbocycles. The van der Waals surface area contributed by atoms with Gasteiger partial charge in [-0.2, -0.15) is 0 Å². The molecule has 0 spiro atoms. The molecule has 0 atom stereocenters. The second kappa shape index (κ2) is 7.17. The van der Waals surface area contributed by atoms with Crippen molar-refractivity contribution in [2.45, 2.75) is 26.2 Å². The Kier molecular flexibility index (Phi) is 5.27. The number of nitrogens with zero attached hydrogens (tertiary/aromatic N) is 1. The molecule has 0 amide bonds. The molecule has 1 aromatic heterocycles. The molecule has 1 N–H and O–H groups in total. The number of carboxylic acid groups (broad SMARTS) is 1. The van der Waals surface area contributed by atoms with Crippen molar-refractivity contribution >= 4 is 17.3 Å². The van der Waals surface area contributed by atoms with Gasteiger partial charge in [-0.25, -0.2) is 14.2 Å². The maximum atomic E-state index is 13.4. The fraction of sp³-hybridized carbons (Fsp3) is 0.333. The number of aryl methyl sites for hydroxylation is 1. The largest absolute Gasteiger partial charge is 0.490 e. The monoisotopic (exact) mass is 309 g/mol. The third kappa shape index (κ3) is 4.01. The highest BCUT2D eigenvalue weighted by Gasteiger charge is 2.16. The van der Waals surface area contributed by atoms with E-state index in [1.807, 2.05) is 6.92 Å². The molecule has 6 heteroatoms. The second-order valence-corrected chi connectivity index (χ2v) is 5.55. The summed E-state index contributed by atoms with van der Waals surface area (Å²) >= 11 is 1.16. The summed E-state index contributed by atoms with van der Waals surface area (Å²) < 4.78 is 18.7. The van der Waals surface area contributed by atoms with Crippen molar-refractivity contribution in [1.29, 1.82) is 0 Å². The van der Waals surface area contributed by atoms with E-state index in [1.54, 1.807) is 18.2 Å². The first kappa shape index (κ1) is 15.4. The van der Waals surface area contributed by atoms with Gasteiger partial charge in [-0.15, -0.1) is 11.3 Å². The molecule has 2 aromatic rings. The molecule has 0 aliphatic carbocycles. The lowest BCUT2D eigenvalue weighted by Crippen LogP contribution is -2.02. The van der Waals surface area contributed by atoms with Crippen molar-refractivity contribution in [3.8, 4) is 5.75 Å². The van der Waals surface area contributed by atoms with Gasteiger partial charge in [0.15, 0.2) is 11.6 Å². The van der Waals surface area contributed by atoms with Gasteiger partial charge in [-0.1, -0.05) is 25.5 Å². The fourth-order valence-corrected chi connectivity index (χ4v) is 2.82. The van der Waals surface area contributed by atoms with Crippen molar-refractivity contribution in [2.75, 3.05) is 6.61 Å². The summed E-state index contributed by atoms with van der Waals surface area (Å²) in [6.45, 7) is 2.24. The first-order valence-electron chi connectivity index (χ1n) is 6.71. The zero-order valence-corrected chi connectivity index (χ0v) is 12.5. The Morgan fingerprint density at radius 3 is 2.81 bits per heavy atom. The molecule has 0 bridgehead atoms. The Morgan fingerprint density at radius 2 is 2.14 bits per heavy atom. The molecule has 0 aliphatic rings. The van der Waals surface area contributed by atoms with Crippen molar-refractivity contribution in [2.24, 2.45) is 0 Å². The first-order valence-corrected chi connectivity index (χ1v) is 7.52. The predicted molar refractivity (Wildman–Crippen MR) is 78.7 cm³/mol. The maximum absolute atomic E-state index is 13.4. The van der Waals surface area contributed by atoms with Crippen LogP contribution in [0, 0.1) is 5.82 Å². The lowest BCUT2D eigenvalue weighted by atomic mass is 10.2. The Balaban J connectivity index is 1.99. The first-order chi connectivity index (χ1) is 10.1. The second-order valence-electron chi connectivity index (χ2n) is 4.47. The highest BCUT2D eigenvalue weighted by Crippen LogP contribution is 2.21. The third-order valence-electron chi connectivity index (χ3n) is 2.83. The van der Waals surface area contributed by atoms with E-state index in [2.05, 4.69) is 4.98 Å². The summed E-state index contributed by atoms with van der Waals surface area (Å²) in [4.78, 5) is 15.8. The Morgan fingerprint density at radius 1 is 1.38 bits per heavy atom. The fourth-order valence-electron chi connectivity index (χ4n) is 1.89. The molecule has 1 aromatic carbocycles. The minimum atomic E-state index is -0.947. The van der Waals surface area contributed by atoms with Crippen LogP contribution in [0.4, 0.5) is 4.39 Å². The molecule has 0 aliphatic heterocycles. The van der Waals surface area contributed by atoms with Crippen LogP contribution in [0.25, 0.3) is 0 Å². The minimum absolute atomic E-state index is 0.196. The number of thiazole rings is 1. The van der Waals surface area contributed by atoms with Crippen LogP contribution < -0.4 is 4.74 Å². The van der Waals surface area contributed by atoms with E-state index in [4.69, 9.17) is 9.84 Å². The summed E-state index contributed by atoms with van der Waals surface area (Å²) in [7, 11) is 0. The molecule has 0 fully saturated rings. The average Bonchev–Trinajstić information content (AvgIpc) is 2.85. The van der Waals surface area contributed by atoms with Crippen LogP contribution in [0.3, 0.4) is 0 Å². The molecule has 21 heavy (non-hydrogen) atoms. The van der Waals surface area contributed by atoms with E-state index in [9.17, 15) is 9.18 Å². The van der Waals surface area contributed by atoms with Gasteiger partial charge in [0.1, 0.15) is 4.88 Å². The van der Waals surface area contributed by atoms with E-state index >= 15 is 0 Å². The normalized spacial score (nSPS) is 10.6. The molecule has 0 radical (unpaired) electrons. The number of halogens is 1. The molecule has 2 rings (SSSR count). The number of benzene rings is 1. The topological polar surface area (TPSA) is 59.4 Å². The Labute approximate surface area is 126 Å². The van der Waals surface area contributed by atoms with Gasteiger partial charge in [0, 0.05) is 6.42 Å². The molecule has 4 nitrogen and oxygen atoms in total. The van der Waals surface area contributed by atoms with Gasteiger partial charge in [0.25, 0.3) is 0 Å². The SMILES string of the molecule is CCCc1nc(CCOc2ccccc2F)sc1C(=O)O. The van der Waals surface area contributed by atoms with E-state index in [-0.39, 0.29) is 17.2 Å². The number of hydrogen-bond donors (Lipinski definition) is 1. The number of para-hydroxylation sites is 1. The quantitative estimate of drug-likeness (QED) is 0.849. The standard InChI is InChI=1S/C15H16FNO3S/c1-2-5-11-14(15(18)19)21-13(17-11)8-9-20-12-7-4-3-6-10(12)16/h3-4,6-7H,2,5,8-9H2,1H3,(H,18,19). The molecular formula is C15H16FNO3S. The molecule has 0 saturated heterocycles. The van der Waals surface area contributed by atoms with Crippen LogP contribution in [0.2, 0.25) is 0 Å². The molecule has 0 unspecified atom stereocenters. The number of aromatic nitrogens is 1. The highest BCUT2D eigenvalue weighted by molar-refractivity contribution is 7.13. The van der Waals surface area contributed by atoms with E-state index < -0.39 is 11.8 Å². The van der Waals surface area contributed by atoms with Crippen LogP contribution in [-0.4, -0.2) is 22.7 Å². The lowest BCUT2D eigenvalue weighted by molar-refractivity contribution is 0.0700. The molecule has 112 valence electrons. The van der Waals surface area contributed by atoms with Crippen LogP contribution in [0.5, 0.6) is 5.75 Å². The smallest absolute Gasteiger partial charge is 0.347 e. The third-order valence-corrected chi connectivity index (χ3v) is 3.98. The Bertz CT molecular complexity index is 627. The zero-order chi connectivity index (χ0) is 15.2. The minimum Gasteiger partial charge on any atom is -0.490 e. The summed E-state index contributed by atoms with van der Waals surface area (Å²) in [5, 5.41) is 9.84. The van der Waals surface area contributed by atoms with Gasteiger partial charge in [-0.3, -0.25) is 0 Å². The van der Waals surface area contributed by atoms with Gasteiger partial charge in [0.05, 0.1) is 17.3 Å². The molecule has 1 heterocycles. The van der Waals surface area contributed by atoms with E-state index in [0.717, 1.165) is 17.8 Å². The van der Waals surface area contributed by atoms with Crippen LogP contribution >= 0.6 is 11.3 Å². The van der Waals surface area contributed by atoms with E-state index in [1.165, 1.54) is 6.07 Å².